The fourth-order valence-electron chi connectivity index (χ4n) is 7.00. The topological polar surface area (TPSA) is 25.8 Å². The van der Waals surface area contributed by atoms with Gasteiger partial charge in [0.25, 0.3) is 0 Å². The average Bonchev–Trinajstić information content (AvgIpc) is 3.37. The van der Waals surface area contributed by atoms with Gasteiger partial charge in [0.1, 0.15) is 0 Å². The predicted octanol–water partition coefficient (Wildman–Crippen LogP) is 9.79. The Morgan fingerprint density at radius 3 is 1.76 bits per heavy atom. The Morgan fingerprint density at radius 1 is 0.429 bits per heavy atom. The van der Waals surface area contributed by atoms with Gasteiger partial charge in [-0.2, -0.15) is 0 Å². The molecule has 1 aromatic heterocycles. The van der Waals surface area contributed by atoms with E-state index in [0.29, 0.717) is 0 Å². The van der Waals surface area contributed by atoms with Gasteiger partial charge in [-0.05, 0) is 57.6 Å². The maximum atomic E-state index is 5.15. The van der Waals surface area contributed by atoms with E-state index in [1.54, 1.807) is 0 Å². The smallest absolute Gasteiger partial charge is 0.0973 e. The van der Waals surface area contributed by atoms with Gasteiger partial charge in [0.05, 0.1) is 27.8 Å². The molecule has 2 aliphatic rings. The van der Waals surface area contributed by atoms with Gasteiger partial charge in [-0.25, -0.2) is 9.97 Å². The van der Waals surface area contributed by atoms with Crippen molar-refractivity contribution < 1.29 is 0 Å². The molecular weight excluding hydrogens is 529 g/mol. The molecule has 0 bridgehead atoms. The van der Waals surface area contributed by atoms with Crippen molar-refractivity contribution in [3.63, 3.8) is 0 Å². The number of benzene rings is 6. The molecule has 0 saturated carbocycles. The summed E-state index contributed by atoms with van der Waals surface area (Å²) in [5, 5.41) is 0. The first-order valence-electron chi connectivity index (χ1n) is 14.3. The highest BCUT2D eigenvalue weighted by atomic mass is 32.2. The zero-order valence-corrected chi connectivity index (χ0v) is 23.5. The van der Waals surface area contributed by atoms with Crippen molar-refractivity contribution in [2.45, 2.75) is 15.2 Å². The van der Waals surface area contributed by atoms with Crippen LogP contribution in [0.25, 0.3) is 44.7 Å². The van der Waals surface area contributed by atoms with Crippen LogP contribution in [0.4, 0.5) is 0 Å². The summed E-state index contributed by atoms with van der Waals surface area (Å²) in [5.74, 6) is 0. The lowest BCUT2D eigenvalue weighted by Gasteiger charge is -2.39. The largest absolute Gasteiger partial charge is 0.244 e. The van der Waals surface area contributed by atoms with E-state index in [1.165, 1.54) is 43.2 Å². The van der Waals surface area contributed by atoms with Crippen molar-refractivity contribution in [3.05, 3.63) is 168 Å². The third-order valence-electron chi connectivity index (χ3n) is 8.74. The van der Waals surface area contributed by atoms with Crippen LogP contribution in [0.3, 0.4) is 0 Å². The lowest BCUT2D eigenvalue weighted by Crippen LogP contribution is -2.31. The van der Waals surface area contributed by atoms with Crippen LogP contribution in [0.15, 0.2) is 155 Å². The predicted molar refractivity (Wildman–Crippen MR) is 172 cm³/mol. The molecule has 1 unspecified atom stereocenters. The molecule has 7 aromatic rings. The van der Waals surface area contributed by atoms with Crippen LogP contribution in [-0.4, -0.2) is 9.97 Å². The Kier molecular flexibility index (Phi) is 5.08. The van der Waals surface area contributed by atoms with Gasteiger partial charge in [0, 0.05) is 20.9 Å². The molecule has 2 heterocycles. The molecule has 6 aromatic carbocycles. The van der Waals surface area contributed by atoms with Crippen molar-refractivity contribution in [1.29, 1.82) is 0 Å². The Bertz CT molecular complexity index is 2170. The first-order chi connectivity index (χ1) is 20.8. The summed E-state index contributed by atoms with van der Waals surface area (Å²) in [7, 11) is 0. The van der Waals surface area contributed by atoms with Gasteiger partial charge in [0.2, 0.25) is 0 Å². The average molecular weight is 553 g/mol. The molecule has 196 valence electrons. The standard InChI is InChI=1S/C39H24N2S/c1-2-11-25(12-3-1)37-38(41-33-18-8-7-17-32(33)40-37)26-21-23-27(24-22-26)39-30-15-5-4-13-28(30)29-14-10-20-35(36(29)39)42-34-19-9-6-16-31(34)39/h1-24H. The molecule has 0 N–H and O–H groups in total. The summed E-state index contributed by atoms with van der Waals surface area (Å²) in [6.45, 7) is 0. The van der Waals surface area contributed by atoms with E-state index < -0.39 is 0 Å². The summed E-state index contributed by atoms with van der Waals surface area (Å²) in [6.07, 6.45) is 0. The number of fused-ring (bicyclic) bond motifs is 6. The van der Waals surface area contributed by atoms with Crippen molar-refractivity contribution in [2.75, 3.05) is 0 Å². The van der Waals surface area contributed by atoms with Gasteiger partial charge < -0.3 is 0 Å². The van der Waals surface area contributed by atoms with Crippen LogP contribution in [0.1, 0.15) is 22.3 Å². The van der Waals surface area contributed by atoms with Crippen LogP contribution in [0.5, 0.6) is 0 Å². The van der Waals surface area contributed by atoms with E-state index in [9.17, 15) is 0 Å². The highest BCUT2D eigenvalue weighted by Gasteiger charge is 2.50. The van der Waals surface area contributed by atoms with Gasteiger partial charge in [-0.3, -0.25) is 0 Å². The molecule has 0 radical (unpaired) electrons. The summed E-state index contributed by atoms with van der Waals surface area (Å²) < 4.78 is 0. The lowest BCUT2D eigenvalue weighted by atomic mass is 9.67. The Hall–Kier alpha value is -4.99. The highest BCUT2D eigenvalue weighted by Crippen LogP contribution is 2.63. The monoisotopic (exact) mass is 552 g/mol. The lowest BCUT2D eigenvalue weighted by molar-refractivity contribution is 0.725. The van der Waals surface area contributed by atoms with E-state index in [2.05, 4.69) is 115 Å². The van der Waals surface area contributed by atoms with Crippen molar-refractivity contribution >= 4 is 22.8 Å². The van der Waals surface area contributed by atoms with Crippen LogP contribution >= 0.6 is 11.8 Å². The Morgan fingerprint density at radius 2 is 1.00 bits per heavy atom. The molecule has 1 aliphatic heterocycles. The van der Waals surface area contributed by atoms with Crippen LogP contribution in [-0.2, 0) is 5.41 Å². The SMILES string of the molecule is c1ccc(-c2nc3ccccc3nc2-c2ccc(C34c5ccccc5Sc5cccc(c53)-c3ccccc34)cc2)cc1. The fourth-order valence-corrected chi connectivity index (χ4v) is 8.23. The van der Waals surface area contributed by atoms with Crippen molar-refractivity contribution in [2.24, 2.45) is 0 Å². The number of hydrogen-bond acceptors (Lipinski definition) is 3. The van der Waals surface area contributed by atoms with Crippen LogP contribution < -0.4 is 0 Å². The molecule has 1 atom stereocenters. The van der Waals surface area contributed by atoms with E-state index >= 15 is 0 Å². The van der Waals surface area contributed by atoms with E-state index in [-0.39, 0.29) is 5.41 Å². The van der Waals surface area contributed by atoms with Gasteiger partial charge in [-0.1, -0.05) is 133 Å². The summed E-state index contributed by atoms with van der Waals surface area (Å²) in [4.78, 5) is 12.9. The molecule has 0 fully saturated rings. The summed E-state index contributed by atoms with van der Waals surface area (Å²) in [5.41, 5.74) is 13.4. The third-order valence-corrected chi connectivity index (χ3v) is 9.88. The van der Waals surface area contributed by atoms with Crippen molar-refractivity contribution in [3.8, 4) is 33.6 Å². The molecule has 2 nitrogen and oxygen atoms in total. The summed E-state index contributed by atoms with van der Waals surface area (Å²) in [6, 6.07) is 52.3. The maximum Gasteiger partial charge on any atom is 0.0973 e. The number of hydrogen-bond donors (Lipinski definition) is 0. The second-order valence-corrected chi connectivity index (χ2v) is 12.0. The van der Waals surface area contributed by atoms with Crippen molar-refractivity contribution in [1.82, 2.24) is 9.97 Å². The first-order valence-corrected chi connectivity index (χ1v) is 15.1. The quantitative estimate of drug-likeness (QED) is 0.218. The number of para-hydroxylation sites is 2. The maximum absolute atomic E-state index is 5.15. The van der Waals surface area contributed by atoms with E-state index in [1.807, 2.05) is 42.1 Å². The van der Waals surface area contributed by atoms with Crippen LogP contribution in [0.2, 0.25) is 0 Å². The highest BCUT2D eigenvalue weighted by molar-refractivity contribution is 7.99. The number of aromatic nitrogens is 2. The zero-order chi connectivity index (χ0) is 27.7. The fraction of sp³-hybridized carbons (Fsp3) is 0.0256. The molecule has 42 heavy (non-hydrogen) atoms. The van der Waals surface area contributed by atoms with E-state index in [4.69, 9.17) is 9.97 Å². The Labute approximate surface area is 248 Å². The number of nitrogens with zero attached hydrogens (tertiary/aromatic N) is 2. The second-order valence-electron chi connectivity index (χ2n) is 10.9. The first kappa shape index (κ1) is 23.7. The molecule has 9 rings (SSSR count). The third kappa shape index (κ3) is 3.23. The molecule has 3 heteroatoms. The minimum Gasteiger partial charge on any atom is -0.244 e. The van der Waals surface area contributed by atoms with Gasteiger partial charge >= 0.3 is 0 Å². The normalized spacial score (nSPS) is 16.1. The zero-order valence-electron chi connectivity index (χ0n) is 22.7. The minimum absolute atomic E-state index is 0.375. The molecule has 0 spiro atoms. The molecule has 0 saturated heterocycles. The molecular formula is C39H24N2S. The van der Waals surface area contributed by atoms with Gasteiger partial charge in [-0.15, -0.1) is 0 Å². The minimum atomic E-state index is -0.375. The summed E-state index contributed by atoms with van der Waals surface area (Å²) >= 11 is 1.89. The molecule has 0 amide bonds. The van der Waals surface area contributed by atoms with Crippen LogP contribution in [0, 0.1) is 0 Å². The van der Waals surface area contributed by atoms with E-state index in [0.717, 1.165) is 33.5 Å². The van der Waals surface area contributed by atoms with Gasteiger partial charge in [0.15, 0.2) is 0 Å². The molecule has 1 aliphatic carbocycles. The Balaban J connectivity index is 1.29. The number of rotatable bonds is 3. The second kappa shape index (κ2) is 9.01.